The van der Waals surface area contributed by atoms with Crippen molar-refractivity contribution in [2.45, 2.75) is 20.8 Å². The number of amides is 1. The smallest absolute Gasteiger partial charge is 0.263 e. The Morgan fingerprint density at radius 1 is 1.00 bits per heavy atom. The Kier molecular flexibility index (Phi) is 6.22. The largest absolute Gasteiger partial charge is 0.484 e. The van der Waals surface area contributed by atoms with Gasteiger partial charge in [0, 0.05) is 12.2 Å². The molecule has 28 heavy (non-hydrogen) atoms. The Balaban J connectivity index is 1.60. The molecule has 1 N–H and O–H groups in total. The van der Waals surface area contributed by atoms with Crippen molar-refractivity contribution < 1.29 is 9.53 Å². The van der Waals surface area contributed by atoms with E-state index < -0.39 is 0 Å². The summed E-state index contributed by atoms with van der Waals surface area (Å²) in [5.74, 6) is 1.48. The van der Waals surface area contributed by atoms with Crippen molar-refractivity contribution in [3.05, 3.63) is 71.8 Å². The van der Waals surface area contributed by atoms with Crippen molar-refractivity contribution in [2.75, 3.05) is 23.4 Å². The number of carbonyl (C=O) groups is 1. The maximum Gasteiger partial charge on any atom is 0.263 e. The summed E-state index contributed by atoms with van der Waals surface area (Å²) in [5, 5.41) is 11.1. The van der Waals surface area contributed by atoms with E-state index >= 15 is 0 Å². The first-order valence-electron chi connectivity index (χ1n) is 9.22. The van der Waals surface area contributed by atoms with Crippen molar-refractivity contribution in [3.63, 3.8) is 0 Å². The van der Waals surface area contributed by atoms with Crippen LogP contribution in [0, 0.1) is 13.8 Å². The summed E-state index contributed by atoms with van der Waals surface area (Å²) in [7, 11) is 0. The number of nitrogens with one attached hydrogen (secondary N) is 1. The second-order valence-electron chi connectivity index (χ2n) is 6.51. The van der Waals surface area contributed by atoms with Gasteiger partial charge >= 0.3 is 0 Å². The van der Waals surface area contributed by atoms with Crippen LogP contribution in [0.1, 0.15) is 18.1 Å². The molecule has 0 spiro atoms. The minimum atomic E-state index is -0.284. The van der Waals surface area contributed by atoms with Crippen molar-refractivity contribution in [1.82, 2.24) is 10.2 Å². The van der Waals surface area contributed by atoms with Gasteiger partial charge in [-0.05, 0) is 62.7 Å². The summed E-state index contributed by atoms with van der Waals surface area (Å²) < 4.78 is 5.47. The Hall–Kier alpha value is -3.41. The average molecular weight is 376 g/mol. The fourth-order valence-electron chi connectivity index (χ4n) is 2.77. The first-order valence-corrected chi connectivity index (χ1v) is 9.22. The molecule has 0 fully saturated rings. The Morgan fingerprint density at radius 3 is 2.43 bits per heavy atom. The quantitative estimate of drug-likeness (QED) is 0.667. The molecule has 3 aromatic rings. The molecule has 0 aliphatic rings. The highest BCUT2D eigenvalue weighted by molar-refractivity contribution is 5.90. The zero-order valence-corrected chi connectivity index (χ0v) is 16.3. The molecule has 1 heterocycles. The number of ether oxygens (including phenoxy) is 1. The molecule has 0 saturated heterocycles. The minimum absolute atomic E-state index is 0.0864. The van der Waals surface area contributed by atoms with Crippen LogP contribution in [0.2, 0.25) is 0 Å². The maximum atomic E-state index is 12.1. The number of anilines is 3. The van der Waals surface area contributed by atoms with Gasteiger partial charge in [0.15, 0.2) is 18.2 Å². The number of hydrogen-bond donors (Lipinski definition) is 1. The van der Waals surface area contributed by atoms with Gasteiger partial charge in [-0.2, -0.15) is 0 Å². The predicted molar refractivity (Wildman–Crippen MR) is 111 cm³/mol. The third-order valence-electron chi connectivity index (χ3n) is 4.21. The van der Waals surface area contributed by atoms with Gasteiger partial charge in [-0.25, -0.2) is 0 Å². The fourth-order valence-corrected chi connectivity index (χ4v) is 2.77. The molecule has 6 heteroatoms. The molecular weight excluding hydrogens is 352 g/mol. The van der Waals surface area contributed by atoms with Crippen LogP contribution in [-0.4, -0.2) is 29.3 Å². The van der Waals surface area contributed by atoms with Crippen LogP contribution in [0.25, 0.3) is 0 Å². The molecule has 0 aliphatic heterocycles. The van der Waals surface area contributed by atoms with E-state index in [0.29, 0.717) is 11.6 Å². The lowest BCUT2D eigenvalue weighted by atomic mass is 10.2. The molecule has 0 bridgehead atoms. The van der Waals surface area contributed by atoms with Gasteiger partial charge < -0.3 is 15.0 Å². The maximum absolute atomic E-state index is 12.1. The topological polar surface area (TPSA) is 67.4 Å². The lowest BCUT2D eigenvalue weighted by Gasteiger charge is -2.22. The van der Waals surface area contributed by atoms with Crippen LogP contribution < -0.4 is 15.0 Å². The molecule has 0 atom stereocenters. The summed E-state index contributed by atoms with van der Waals surface area (Å²) in [6, 6.07) is 19.3. The van der Waals surface area contributed by atoms with E-state index in [2.05, 4.69) is 46.4 Å². The third kappa shape index (κ3) is 5.07. The van der Waals surface area contributed by atoms with E-state index in [4.69, 9.17) is 4.74 Å². The van der Waals surface area contributed by atoms with Gasteiger partial charge in [-0.15, -0.1) is 10.2 Å². The molecule has 1 amide bonds. The first-order chi connectivity index (χ1) is 13.5. The van der Waals surface area contributed by atoms with E-state index in [0.717, 1.165) is 23.6 Å². The molecule has 0 unspecified atom stereocenters. The highest BCUT2D eigenvalue weighted by Crippen LogP contribution is 2.24. The third-order valence-corrected chi connectivity index (χ3v) is 4.21. The number of benzene rings is 2. The first kappa shape index (κ1) is 19.4. The fraction of sp³-hybridized carbons (Fsp3) is 0.227. The molecule has 0 saturated carbocycles. The van der Waals surface area contributed by atoms with Crippen LogP contribution in [-0.2, 0) is 4.79 Å². The molecular formula is C22H24N4O2. The summed E-state index contributed by atoms with van der Waals surface area (Å²) in [5.41, 5.74) is 3.38. The highest BCUT2D eigenvalue weighted by atomic mass is 16.5. The monoisotopic (exact) mass is 376 g/mol. The summed E-state index contributed by atoms with van der Waals surface area (Å²) in [6.07, 6.45) is 0. The van der Waals surface area contributed by atoms with E-state index in [1.54, 1.807) is 6.07 Å². The number of aromatic nitrogens is 2. The lowest BCUT2D eigenvalue weighted by Crippen LogP contribution is -2.22. The standard InChI is InChI=1S/C22H24N4O2/c1-4-26(18-7-5-6-17(3)14-18)21-13-12-20(24-25-21)23-22(27)15-28-19-10-8-16(2)9-11-19/h5-14H,4,15H2,1-3H3,(H,23,24,27). The van der Waals surface area contributed by atoms with Gasteiger partial charge in [0.1, 0.15) is 5.75 Å². The number of carbonyl (C=O) groups excluding carboxylic acids is 1. The second-order valence-corrected chi connectivity index (χ2v) is 6.51. The van der Waals surface area contributed by atoms with Gasteiger partial charge in [0.05, 0.1) is 0 Å². The van der Waals surface area contributed by atoms with Crippen LogP contribution in [0.3, 0.4) is 0 Å². The Morgan fingerprint density at radius 2 is 1.79 bits per heavy atom. The number of hydrogen-bond acceptors (Lipinski definition) is 5. The molecule has 1 aromatic heterocycles. The average Bonchev–Trinajstić information content (AvgIpc) is 2.69. The SMILES string of the molecule is CCN(c1cccc(C)c1)c1ccc(NC(=O)COc2ccc(C)cc2)nn1. The number of aryl methyl sites for hydroxylation is 2. The highest BCUT2D eigenvalue weighted by Gasteiger charge is 2.11. The summed E-state index contributed by atoms with van der Waals surface area (Å²) in [6.45, 7) is 6.78. The van der Waals surface area contributed by atoms with Gasteiger partial charge in [-0.1, -0.05) is 29.8 Å². The Bertz CT molecular complexity index is 924. The number of nitrogens with zero attached hydrogens (tertiary/aromatic N) is 3. The molecule has 3 rings (SSSR count). The molecule has 0 radical (unpaired) electrons. The summed E-state index contributed by atoms with van der Waals surface area (Å²) >= 11 is 0. The molecule has 144 valence electrons. The van der Waals surface area contributed by atoms with Gasteiger partial charge in [-0.3, -0.25) is 4.79 Å². The van der Waals surface area contributed by atoms with Gasteiger partial charge in [0.2, 0.25) is 0 Å². The Labute approximate surface area is 165 Å². The second kappa shape index (κ2) is 8.99. The van der Waals surface area contributed by atoms with E-state index in [1.165, 1.54) is 5.56 Å². The van der Waals surface area contributed by atoms with E-state index in [1.807, 2.05) is 49.4 Å². The van der Waals surface area contributed by atoms with Crippen LogP contribution in [0.4, 0.5) is 17.3 Å². The van der Waals surface area contributed by atoms with Crippen molar-refractivity contribution in [2.24, 2.45) is 0 Å². The van der Waals surface area contributed by atoms with Crippen LogP contribution in [0.15, 0.2) is 60.7 Å². The minimum Gasteiger partial charge on any atom is -0.484 e. The summed E-state index contributed by atoms with van der Waals surface area (Å²) in [4.78, 5) is 14.1. The van der Waals surface area contributed by atoms with E-state index in [-0.39, 0.29) is 12.5 Å². The van der Waals surface area contributed by atoms with E-state index in [9.17, 15) is 4.79 Å². The predicted octanol–water partition coefficient (Wildman–Crippen LogP) is 4.27. The van der Waals surface area contributed by atoms with Crippen molar-refractivity contribution in [1.29, 1.82) is 0 Å². The molecule has 6 nitrogen and oxygen atoms in total. The normalized spacial score (nSPS) is 10.4. The van der Waals surface area contributed by atoms with Crippen molar-refractivity contribution >= 4 is 23.2 Å². The van der Waals surface area contributed by atoms with Crippen LogP contribution in [0.5, 0.6) is 5.75 Å². The lowest BCUT2D eigenvalue weighted by molar-refractivity contribution is -0.118. The zero-order chi connectivity index (χ0) is 19.9. The van der Waals surface area contributed by atoms with Crippen LogP contribution >= 0.6 is 0 Å². The van der Waals surface area contributed by atoms with Gasteiger partial charge in [0.25, 0.3) is 5.91 Å². The molecule has 0 aliphatic carbocycles. The van der Waals surface area contributed by atoms with Crippen molar-refractivity contribution in [3.8, 4) is 5.75 Å². The number of rotatable bonds is 7. The molecule has 2 aromatic carbocycles. The zero-order valence-electron chi connectivity index (χ0n) is 16.3.